The van der Waals surface area contributed by atoms with E-state index in [0.29, 0.717) is 0 Å². The van der Waals surface area contributed by atoms with Crippen molar-refractivity contribution in [2.75, 3.05) is 9.80 Å². The molecule has 0 amide bonds. The summed E-state index contributed by atoms with van der Waals surface area (Å²) in [5.74, 6) is 0. The van der Waals surface area contributed by atoms with Crippen LogP contribution in [0.2, 0.25) is 0 Å². The topological polar surface area (TPSA) is 6.48 Å². The van der Waals surface area contributed by atoms with Gasteiger partial charge in [-0.1, -0.05) is 161 Å². The van der Waals surface area contributed by atoms with E-state index in [1.54, 1.807) is 0 Å². The molecule has 2 aliphatic carbocycles. The van der Waals surface area contributed by atoms with Crippen molar-refractivity contribution >= 4 is 108 Å². The molecule has 12 aromatic rings. The fourth-order valence-corrected chi connectivity index (χ4v) is 14.6. The Labute approximate surface area is 404 Å². The minimum Gasteiger partial charge on any atom is -0.310 e. The number of fused-ring (bicyclic) bond motifs is 16. The first-order valence-electron chi connectivity index (χ1n) is 23.7. The van der Waals surface area contributed by atoms with Gasteiger partial charge in [-0.25, -0.2) is 0 Å². The van der Waals surface area contributed by atoms with E-state index >= 15 is 0 Å². The van der Waals surface area contributed by atoms with Crippen molar-refractivity contribution in [1.82, 2.24) is 0 Å². The summed E-state index contributed by atoms with van der Waals surface area (Å²) < 4.78 is 5.30. The van der Waals surface area contributed by atoms with E-state index in [9.17, 15) is 0 Å². The molecule has 10 aromatic carbocycles. The maximum Gasteiger partial charge on any atom is 0.0540 e. The van der Waals surface area contributed by atoms with E-state index in [1.807, 2.05) is 22.7 Å². The summed E-state index contributed by atoms with van der Waals surface area (Å²) in [5, 5.41) is 7.93. The molecular formula is C64H46N2S2. The molecule has 4 heteroatoms. The minimum atomic E-state index is -0.0942. The SMILES string of the molecule is CC1(C)c2ccccc2-c2ccc(N(c3ccccc3)c3ccc4c(c3)sc3c5sc6cc(N(c7ccccc7)c7ccc8c(c7)C(C)(C)c7ccccc7-8)ccc6c5c5ccccc5c43)cc21. The van der Waals surface area contributed by atoms with Gasteiger partial charge in [0.25, 0.3) is 0 Å². The molecule has 0 unspecified atom stereocenters. The zero-order chi connectivity index (χ0) is 45.5. The third kappa shape index (κ3) is 5.62. The van der Waals surface area contributed by atoms with Crippen molar-refractivity contribution in [2.45, 2.75) is 38.5 Å². The smallest absolute Gasteiger partial charge is 0.0540 e. The quantitative estimate of drug-likeness (QED) is 0.164. The molecule has 2 aromatic heterocycles. The Balaban J connectivity index is 0.934. The molecule has 0 N–H and O–H groups in total. The molecule has 0 saturated carbocycles. The zero-order valence-electron chi connectivity index (χ0n) is 38.3. The van der Waals surface area contributed by atoms with E-state index in [-0.39, 0.29) is 10.8 Å². The van der Waals surface area contributed by atoms with E-state index in [2.05, 4.69) is 244 Å². The van der Waals surface area contributed by atoms with Gasteiger partial charge >= 0.3 is 0 Å². The number of thiophene rings is 2. The van der Waals surface area contributed by atoms with Gasteiger partial charge in [0.05, 0.1) is 9.40 Å². The van der Waals surface area contributed by atoms with Gasteiger partial charge < -0.3 is 9.80 Å². The van der Waals surface area contributed by atoms with Gasteiger partial charge in [-0.3, -0.25) is 0 Å². The monoisotopic (exact) mass is 906 g/mol. The molecule has 0 atom stereocenters. The summed E-state index contributed by atoms with van der Waals surface area (Å²) in [6.07, 6.45) is 0. The molecule has 324 valence electrons. The van der Waals surface area contributed by atoms with Gasteiger partial charge in [-0.15, -0.1) is 22.7 Å². The summed E-state index contributed by atoms with van der Waals surface area (Å²) >= 11 is 3.88. The van der Waals surface area contributed by atoms with Crippen LogP contribution >= 0.6 is 22.7 Å². The number of hydrogen-bond acceptors (Lipinski definition) is 4. The Kier molecular flexibility index (Phi) is 8.45. The first-order chi connectivity index (χ1) is 33.2. The van der Waals surface area contributed by atoms with Gasteiger partial charge in [-0.2, -0.15) is 0 Å². The molecule has 0 bridgehead atoms. The van der Waals surface area contributed by atoms with E-state index in [0.717, 1.165) is 22.7 Å². The molecule has 0 aliphatic heterocycles. The van der Waals surface area contributed by atoms with Crippen LogP contribution in [0.3, 0.4) is 0 Å². The fraction of sp³-hybridized carbons (Fsp3) is 0.0938. The van der Waals surface area contributed by atoms with Crippen molar-refractivity contribution in [1.29, 1.82) is 0 Å². The standard InChI is InChI=1S/C64H46N2S2/c1-63(2)53-25-15-13-21-45(53)47-31-27-41(35-55(47)63)65(39-17-7-5-8-18-39)43-29-33-51-57(37-43)67-61-59(51)49-23-11-12-24-50(49)60-52-34-30-44(38-58(52)68-62(60)61)66(40-19-9-6-10-20-40)42-28-32-48-46-22-14-16-26-54(46)64(3,4)56(48)36-42/h5-38H,1-4H3. The van der Waals surface area contributed by atoms with Crippen LogP contribution < -0.4 is 9.80 Å². The Hall–Kier alpha value is -7.50. The third-order valence-electron chi connectivity index (χ3n) is 15.2. The predicted octanol–water partition coefficient (Wildman–Crippen LogP) is 19.1. The minimum absolute atomic E-state index is 0.0942. The van der Waals surface area contributed by atoms with Crippen LogP contribution in [0.5, 0.6) is 0 Å². The molecule has 0 saturated heterocycles. The average Bonchev–Trinajstić information content (AvgIpc) is 4.08. The summed E-state index contributed by atoms with van der Waals surface area (Å²) in [7, 11) is 0. The van der Waals surface area contributed by atoms with Crippen molar-refractivity contribution in [2.24, 2.45) is 0 Å². The van der Waals surface area contributed by atoms with Crippen molar-refractivity contribution in [3.63, 3.8) is 0 Å². The summed E-state index contributed by atoms with van der Waals surface area (Å²) in [5.41, 5.74) is 17.6. The summed E-state index contributed by atoms with van der Waals surface area (Å²) in [4.78, 5) is 4.88. The second kappa shape index (κ2) is 14.5. The second-order valence-electron chi connectivity index (χ2n) is 19.7. The number of anilines is 6. The first-order valence-corrected chi connectivity index (χ1v) is 25.3. The lowest BCUT2D eigenvalue weighted by Gasteiger charge is -2.28. The van der Waals surface area contributed by atoms with Crippen molar-refractivity contribution in [3.8, 4) is 22.3 Å². The maximum absolute atomic E-state index is 2.44. The van der Waals surface area contributed by atoms with Crippen LogP contribution in [0, 0.1) is 0 Å². The molecule has 14 rings (SSSR count). The maximum atomic E-state index is 2.44. The van der Waals surface area contributed by atoms with Gasteiger partial charge in [0.2, 0.25) is 0 Å². The summed E-state index contributed by atoms with van der Waals surface area (Å²) in [6.45, 7) is 9.46. The van der Waals surface area contributed by atoms with E-state index < -0.39 is 0 Å². The highest BCUT2D eigenvalue weighted by Crippen LogP contribution is 2.55. The molecule has 2 nitrogen and oxygen atoms in total. The normalized spacial score (nSPS) is 14.1. The number of hydrogen-bond donors (Lipinski definition) is 0. The molecular weight excluding hydrogens is 861 g/mol. The van der Waals surface area contributed by atoms with Crippen LogP contribution in [0.4, 0.5) is 34.1 Å². The first kappa shape index (κ1) is 39.6. The molecule has 0 fully saturated rings. The van der Waals surface area contributed by atoms with Gasteiger partial charge in [0.1, 0.15) is 0 Å². The van der Waals surface area contributed by atoms with Crippen molar-refractivity contribution in [3.05, 3.63) is 229 Å². The van der Waals surface area contributed by atoms with Gasteiger partial charge in [0, 0.05) is 75.9 Å². The van der Waals surface area contributed by atoms with Crippen molar-refractivity contribution < 1.29 is 0 Å². The molecule has 68 heavy (non-hydrogen) atoms. The lowest BCUT2D eigenvalue weighted by atomic mass is 9.82. The summed E-state index contributed by atoms with van der Waals surface area (Å²) in [6, 6.07) is 77.1. The molecule has 2 heterocycles. The molecule has 0 radical (unpaired) electrons. The van der Waals surface area contributed by atoms with E-state index in [4.69, 9.17) is 0 Å². The average molecular weight is 907 g/mol. The lowest BCUT2D eigenvalue weighted by Crippen LogP contribution is -2.16. The van der Waals surface area contributed by atoms with Gasteiger partial charge in [0.15, 0.2) is 0 Å². The second-order valence-corrected chi connectivity index (χ2v) is 21.8. The Bertz CT molecular complexity index is 3780. The predicted molar refractivity (Wildman–Crippen MR) is 294 cm³/mol. The Morgan fingerprint density at radius 1 is 0.294 bits per heavy atom. The van der Waals surface area contributed by atoms with Gasteiger partial charge in [-0.05, 0) is 128 Å². The fourth-order valence-electron chi connectivity index (χ4n) is 11.9. The van der Waals surface area contributed by atoms with Crippen LogP contribution in [0.15, 0.2) is 206 Å². The van der Waals surface area contributed by atoms with Crippen LogP contribution in [0.25, 0.3) is 73.4 Å². The molecule has 0 spiro atoms. The third-order valence-corrected chi connectivity index (χ3v) is 17.7. The van der Waals surface area contributed by atoms with E-state index in [1.165, 1.54) is 107 Å². The number of para-hydroxylation sites is 2. The molecule has 2 aliphatic rings. The highest BCUT2D eigenvalue weighted by atomic mass is 32.1. The Morgan fingerprint density at radius 2 is 0.647 bits per heavy atom. The number of rotatable bonds is 6. The largest absolute Gasteiger partial charge is 0.310 e. The highest BCUT2D eigenvalue weighted by molar-refractivity contribution is 7.33. The highest BCUT2D eigenvalue weighted by Gasteiger charge is 2.37. The lowest BCUT2D eigenvalue weighted by molar-refractivity contribution is 0.660. The van der Waals surface area contributed by atoms with Crippen LogP contribution in [0.1, 0.15) is 49.9 Å². The van der Waals surface area contributed by atoms with Crippen LogP contribution in [-0.4, -0.2) is 0 Å². The Morgan fingerprint density at radius 3 is 1.09 bits per heavy atom. The van der Waals surface area contributed by atoms with Crippen LogP contribution in [-0.2, 0) is 10.8 Å². The zero-order valence-corrected chi connectivity index (χ0v) is 40.0. The number of benzene rings is 10. The number of nitrogens with zero attached hydrogens (tertiary/aromatic N) is 2.